The van der Waals surface area contributed by atoms with E-state index in [1.807, 2.05) is 0 Å². The molecular formula is C16H13F2N3O2. The van der Waals surface area contributed by atoms with Crippen molar-refractivity contribution in [1.82, 2.24) is 14.9 Å². The molecule has 0 aliphatic heterocycles. The lowest BCUT2D eigenvalue weighted by Crippen LogP contribution is -2.26. The summed E-state index contributed by atoms with van der Waals surface area (Å²) in [4.78, 5) is 15.3. The zero-order valence-corrected chi connectivity index (χ0v) is 12.1. The molecule has 1 heterocycles. The summed E-state index contributed by atoms with van der Waals surface area (Å²) in [6.07, 6.45) is -1.19. The van der Waals surface area contributed by atoms with Gasteiger partial charge >= 0.3 is 6.09 Å². The second kappa shape index (κ2) is 5.68. The van der Waals surface area contributed by atoms with Gasteiger partial charge in [0.2, 0.25) is 0 Å². The van der Waals surface area contributed by atoms with E-state index in [0.29, 0.717) is 22.5 Å². The Labute approximate surface area is 130 Å². The molecule has 5 nitrogen and oxygen atoms in total. The number of carbonyl (C=O) groups is 1. The fraction of sp³-hybridized carbons (Fsp3) is 0.125. The summed E-state index contributed by atoms with van der Waals surface area (Å²) in [7, 11) is 0. The first kappa shape index (κ1) is 15.0. The van der Waals surface area contributed by atoms with Crippen molar-refractivity contribution in [2.45, 2.75) is 13.0 Å². The Morgan fingerprint density at radius 2 is 1.83 bits per heavy atom. The summed E-state index contributed by atoms with van der Waals surface area (Å²) in [5.74, 6) is -0.451. The van der Waals surface area contributed by atoms with Crippen LogP contribution in [0.2, 0.25) is 0 Å². The Morgan fingerprint density at radius 3 is 2.48 bits per heavy atom. The molecule has 2 N–H and O–H groups in total. The zero-order chi connectivity index (χ0) is 16.6. The molecule has 1 amide bonds. The SMILES string of the molecule is C[C@H](NC(=O)O)c1nc2ccc(F)cc2n1-c1ccc(F)cc1. The van der Waals surface area contributed by atoms with Crippen molar-refractivity contribution in [3.8, 4) is 5.69 Å². The van der Waals surface area contributed by atoms with Crippen LogP contribution in [0.4, 0.5) is 13.6 Å². The molecule has 7 heteroatoms. The van der Waals surface area contributed by atoms with Gasteiger partial charge in [0.1, 0.15) is 17.5 Å². The third-order valence-electron chi connectivity index (χ3n) is 3.45. The highest BCUT2D eigenvalue weighted by atomic mass is 19.1. The Balaban J connectivity index is 2.24. The van der Waals surface area contributed by atoms with Crippen molar-refractivity contribution >= 4 is 17.1 Å². The Hall–Kier alpha value is -2.96. The van der Waals surface area contributed by atoms with Crippen molar-refractivity contribution in [3.05, 3.63) is 59.9 Å². The van der Waals surface area contributed by atoms with E-state index in [2.05, 4.69) is 10.3 Å². The monoisotopic (exact) mass is 317 g/mol. The number of hydrogen-bond donors (Lipinski definition) is 2. The van der Waals surface area contributed by atoms with Crippen LogP contribution in [0.25, 0.3) is 16.7 Å². The van der Waals surface area contributed by atoms with Crippen LogP contribution in [0.3, 0.4) is 0 Å². The van der Waals surface area contributed by atoms with Crippen molar-refractivity contribution in [3.63, 3.8) is 0 Å². The standard InChI is InChI=1S/C16H13F2N3O2/c1-9(19-16(22)23)15-20-13-7-4-11(18)8-14(13)21(15)12-5-2-10(17)3-6-12/h2-9,19H,1H3,(H,22,23)/t9-/m0/s1. The number of fused-ring (bicyclic) bond motifs is 1. The predicted octanol–water partition coefficient (Wildman–Crippen LogP) is 3.63. The lowest BCUT2D eigenvalue weighted by molar-refractivity contribution is 0.190. The molecule has 0 aliphatic rings. The number of imidazole rings is 1. The third kappa shape index (κ3) is 2.85. The highest BCUT2D eigenvalue weighted by molar-refractivity contribution is 5.78. The van der Waals surface area contributed by atoms with Crippen LogP contribution in [0, 0.1) is 11.6 Å². The maximum atomic E-state index is 13.6. The van der Waals surface area contributed by atoms with Gasteiger partial charge in [-0.1, -0.05) is 0 Å². The van der Waals surface area contributed by atoms with Gasteiger partial charge < -0.3 is 10.4 Å². The molecule has 1 aromatic heterocycles. The molecule has 0 saturated carbocycles. The smallest absolute Gasteiger partial charge is 0.405 e. The largest absolute Gasteiger partial charge is 0.465 e. The maximum absolute atomic E-state index is 13.6. The van der Waals surface area contributed by atoms with E-state index in [0.717, 1.165) is 0 Å². The van der Waals surface area contributed by atoms with Gasteiger partial charge in [-0.25, -0.2) is 18.6 Å². The molecule has 0 fully saturated rings. The Kier molecular flexibility index (Phi) is 3.69. The van der Waals surface area contributed by atoms with Gasteiger partial charge in [0.05, 0.1) is 17.1 Å². The van der Waals surface area contributed by atoms with Crippen LogP contribution in [-0.2, 0) is 0 Å². The van der Waals surface area contributed by atoms with Crippen LogP contribution in [0.1, 0.15) is 18.8 Å². The van der Waals surface area contributed by atoms with E-state index in [1.165, 1.54) is 42.5 Å². The van der Waals surface area contributed by atoms with Crippen LogP contribution in [0.15, 0.2) is 42.5 Å². The number of hydrogen-bond acceptors (Lipinski definition) is 2. The minimum absolute atomic E-state index is 0.389. The fourth-order valence-electron chi connectivity index (χ4n) is 2.47. The summed E-state index contributed by atoms with van der Waals surface area (Å²) < 4.78 is 28.4. The Morgan fingerprint density at radius 1 is 1.17 bits per heavy atom. The van der Waals surface area contributed by atoms with Crippen molar-refractivity contribution < 1.29 is 18.7 Å². The average Bonchev–Trinajstić information content (AvgIpc) is 2.86. The molecule has 118 valence electrons. The predicted molar refractivity (Wildman–Crippen MR) is 80.6 cm³/mol. The molecule has 2 aromatic carbocycles. The summed E-state index contributed by atoms with van der Waals surface area (Å²) >= 11 is 0. The highest BCUT2D eigenvalue weighted by Gasteiger charge is 2.19. The number of benzene rings is 2. The zero-order valence-electron chi connectivity index (χ0n) is 12.1. The quantitative estimate of drug-likeness (QED) is 0.775. The topological polar surface area (TPSA) is 67.2 Å². The van der Waals surface area contributed by atoms with E-state index >= 15 is 0 Å². The molecule has 23 heavy (non-hydrogen) atoms. The molecule has 3 aromatic rings. The number of halogens is 2. The molecule has 1 atom stereocenters. The molecule has 0 unspecified atom stereocenters. The number of aromatic nitrogens is 2. The van der Waals surface area contributed by atoms with E-state index in [9.17, 15) is 13.6 Å². The van der Waals surface area contributed by atoms with E-state index < -0.39 is 23.8 Å². The molecule has 0 spiro atoms. The van der Waals surface area contributed by atoms with Gasteiger partial charge in [-0.15, -0.1) is 0 Å². The fourth-order valence-corrected chi connectivity index (χ4v) is 2.47. The van der Waals surface area contributed by atoms with Gasteiger partial charge in [-0.05, 0) is 43.3 Å². The molecule has 0 bridgehead atoms. The minimum Gasteiger partial charge on any atom is -0.465 e. The van der Waals surface area contributed by atoms with Crippen molar-refractivity contribution in [2.24, 2.45) is 0 Å². The van der Waals surface area contributed by atoms with Crippen molar-refractivity contribution in [2.75, 3.05) is 0 Å². The second-order valence-electron chi connectivity index (χ2n) is 5.09. The van der Waals surface area contributed by atoms with Crippen LogP contribution >= 0.6 is 0 Å². The normalized spacial score (nSPS) is 12.3. The number of carboxylic acid groups (broad SMARTS) is 1. The first-order valence-corrected chi connectivity index (χ1v) is 6.89. The first-order chi connectivity index (χ1) is 11.0. The lowest BCUT2D eigenvalue weighted by Gasteiger charge is -2.14. The van der Waals surface area contributed by atoms with Crippen molar-refractivity contribution in [1.29, 1.82) is 0 Å². The van der Waals surface area contributed by atoms with Gasteiger partial charge in [0.25, 0.3) is 0 Å². The van der Waals surface area contributed by atoms with Gasteiger partial charge in [-0.3, -0.25) is 4.57 Å². The summed E-state index contributed by atoms with van der Waals surface area (Å²) in [5.41, 5.74) is 1.56. The van der Waals surface area contributed by atoms with E-state index in [-0.39, 0.29) is 0 Å². The maximum Gasteiger partial charge on any atom is 0.405 e. The highest BCUT2D eigenvalue weighted by Crippen LogP contribution is 2.26. The second-order valence-corrected chi connectivity index (χ2v) is 5.09. The molecule has 0 saturated heterocycles. The first-order valence-electron chi connectivity index (χ1n) is 6.89. The number of nitrogens with zero attached hydrogens (tertiary/aromatic N) is 2. The Bertz CT molecular complexity index is 875. The minimum atomic E-state index is -1.19. The average molecular weight is 317 g/mol. The molecule has 3 rings (SSSR count). The van der Waals surface area contributed by atoms with Gasteiger partial charge in [-0.2, -0.15) is 0 Å². The van der Waals surface area contributed by atoms with E-state index in [1.54, 1.807) is 11.5 Å². The third-order valence-corrected chi connectivity index (χ3v) is 3.45. The molecule has 0 aliphatic carbocycles. The van der Waals surface area contributed by atoms with Gasteiger partial charge in [0, 0.05) is 11.8 Å². The summed E-state index contributed by atoms with van der Waals surface area (Å²) in [5, 5.41) is 11.2. The summed E-state index contributed by atoms with van der Waals surface area (Å²) in [6.45, 7) is 1.63. The number of amides is 1. The number of nitrogens with one attached hydrogen (secondary N) is 1. The lowest BCUT2D eigenvalue weighted by atomic mass is 10.2. The van der Waals surface area contributed by atoms with Crippen LogP contribution < -0.4 is 5.32 Å². The van der Waals surface area contributed by atoms with Crippen LogP contribution in [-0.4, -0.2) is 20.8 Å². The molecule has 0 radical (unpaired) electrons. The summed E-state index contributed by atoms with van der Waals surface area (Å²) in [6, 6.07) is 9.08. The van der Waals surface area contributed by atoms with E-state index in [4.69, 9.17) is 5.11 Å². The van der Waals surface area contributed by atoms with Gasteiger partial charge in [0.15, 0.2) is 0 Å². The number of rotatable bonds is 3. The molecular weight excluding hydrogens is 304 g/mol. The van der Waals surface area contributed by atoms with Crippen LogP contribution in [0.5, 0.6) is 0 Å².